The molecule has 0 bridgehead atoms. The summed E-state index contributed by atoms with van der Waals surface area (Å²) in [6, 6.07) is 7.12. The summed E-state index contributed by atoms with van der Waals surface area (Å²) in [6.45, 7) is 1.94. The molecule has 1 N–H and O–H groups in total. The lowest BCUT2D eigenvalue weighted by Crippen LogP contribution is -2.42. The maximum atomic E-state index is 13.7. The first-order valence-corrected chi connectivity index (χ1v) is 12.4. The van der Waals surface area contributed by atoms with E-state index in [1.54, 1.807) is 38.1 Å². The second-order valence-corrected chi connectivity index (χ2v) is 10.6. The second-order valence-electron chi connectivity index (χ2n) is 8.70. The highest BCUT2D eigenvalue weighted by molar-refractivity contribution is 7.89. The molecule has 0 aromatic heterocycles. The Bertz CT molecular complexity index is 1180. The molecule has 1 aliphatic carbocycles. The maximum Gasteiger partial charge on any atom is 0.213 e. The van der Waals surface area contributed by atoms with Gasteiger partial charge < -0.3 is 4.90 Å². The van der Waals surface area contributed by atoms with Gasteiger partial charge in [0.1, 0.15) is 5.82 Å². The Kier molecular flexibility index (Phi) is 8.12. The van der Waals surface area contributed by atoms with Crippen molar-refractivity contribution in [2.75, 3.05) is 26.4 Å². The second kappa shape index (κ2) is 10.7. The third kappa shape index (κ3) is 6.88. The Morgan fingerprint density at radius 2 is 1.50 bits per heavy atom. The molecule has 1 atom stereocenters. The third-order valence-electron chi connectivity index (χ3n) is 5.48. The van der Waals surface area contributed by atoms with Crippen molar-refractivity contribution in [2.24, 2.45) is 0 Å². The highest BCUT2D eigenvalue weighted by atomic mass is 32.2. The third-order valence-corrected chi connectivity index (χ3v) is 6.89. The average Bonchev–Trinajstić information content (AvgIpc) is 2.75. The number of ketones is 1. The molecule has 0 saturated heterocycles. The normalized spacial score (nSPS) is 19.4. The molecule has 1 unspecified atom stereocenters. The topological polar surface area (TPSA) is 66.5 Å². The first-order chi connectivity index (χ1) is 15.9. The summed E-state index contributed by atoms with van der Waals surface area (Å²) in [7, 11) is -0.0939. The average molecular weight is 493 g/mol. The van der Waals surface area contributed by atoms with Crippen molar-refractivity contribution in [1.29, 1.82) is 0 Å². The summed E-state index contributed by atoms with van der Waals surface area (Å²) in [5.41, 5.74) is 1.91. The fraction of sp³-hybridized carbons (Fsp3) is 0.320. The van der Waals surface area contributed by atoms with Crippen LogP contribution in [0.25, 0.3) is 12.2 Å². The van der Waals surface area contributed by atoms with Gasteiger partial charge >= 0.3 is 0 Å². The van der Waals surface area contributed by atoms with Crippen molar-refractivity contribution in [3.05, 3.63) is 81.7 Å². The van der Waals surface area contributed by atoms with E-state index in [-0.39, 0.29) is 41.3 Å². The lowest BCUT2D eigenvalue weighted by Gasteiger charge is -2.27. The highest BCUT2D eigenvalue weighted by Gasteiger charge is 2.30. The van der Waals surface area contributed by atoms with Gasteiger partial charge in [-0.2, -0.15) is 0 Å². The number of nitrogens with zero attached hydrogens (tertiary/aromatic N) is 1. The van der Waals surface area contributed by atoms with E-state index < -0.39 is 27.7 Å². The van der Waals surface area contributed by atoms with E-state index >= 15 is 0 Å². The largest absolute Gasteiger partial charge is 0.308 e. The Morgan fingerprint density at radius 3 is 2.03 bits per heavy atom. The van der Waals surface area contributed by atoms with Crippen LogP contribution in [0.4, 0.5) is 13.2 Å². The van der Waals surface area contributed by atoms with Gasteiger partial charge in [-0.25, -0.2) is 26.3 Å². The molecule has 0 spiro atoms. The lowest BCUT2D eigenvalue weighted by atomic mass is 9.84. The molecule has 1 fully saturated rings. The van der Waals surface area contributed by atoms with Gasteiger partial charge in [0.05, 0.1) is 5.75 Å². The van der Waals surface area contributed by atoms with Gasteiger partial charge in [0.15, 0.2) is 17.4 Å². The number of rotatable bonds is 7. The molecule has 34 heavy (non-hydrogen) atoms. The van der Waals surface area contributed by atoms with Crippen molar-refractivity contribution in [1.82, 2.24) is 9.62 Å². The number of hydrogen-bond donors (Lipinski definition) is 1. The van der Waals surface area contributed by atoms with Crippen molar-refractivity contribution < 1.29 is 26.4 Å². The highest BCUT2D eigenvalue weighted by Crippen LogP contribution is 2.29. The van der Waals surface area contributed by atoms with Crippen molar-refractivity contribution >= 4 is 28.0 Å². The molecule has 3 rings (SSSR count). The molecule has 1 aliphatic rings. The summed E-state index contributed by atoms with van der Waals surface area (Å²) in [5, 5.41) is 0. The smallest absolute Gasteiger partial charge is 0.213 e. The van der Waals surface area contributed by atoms with E-state index in [0.717, 1.165) is 12.1 Å². The van der Waals surface area contributed by atoms with E-state index in [1.807, 2.05) is 0 Å². The first-order valence-electron chi connectivity index (χ1n) is 10.8. The summed E-state index contributed by atoms with van der Waals surface area (Å²) in [5.74, 6) is -2.85. The lowest BCUT2D eigenvalue weighted by molar-refractivity contribution is -0.113. The van der Waals surface area contributed by atoms with Crippen LogP contribution in [0.5, 0.6) is 0 Å². The number of benzene rings is 2. The number of sulfonamides is 1. The quantitative estimate of drug-likeness (QED) is 0.592. The fourth-order valence-corrected chi connectivity index (χ4v) is 5.10. The summed E-state index contributed by atoms with van der Waals surface area (Å²) < 4.78 is 68.5. The predicted molar refractivity (Wildman–Crippen MR) is 127 cm³/mol. The van der Waals surface area contributed by atoms with Gasteiger partial charge in [-0.3, -0.25) is 4.79 Å². The Hall–Kier alpha value is -2.75. The van der Waals surface area contributed by atoms with Crippen molar-refractivity contribution in [2.45, 2.75) is 25.8 Å². The van der Waals surface area contributed by atoms with E-state index in [2.05, 4.69) is 4.72 Å². The van der Waals surface area contributed by atoms with Crippen LogP contribution >= 0.6 is 0 Å². The number of hydrogen-bond acceptors (Lipinski definition) is 4. The van der Waals surface area contributed by atoms with Crippen molar-refractivity contribution in [3.8, 4) is 0 Å². The van der Waals surface area contributed by atoms with Crippen molar-refractivity contribution in [3.63, 3.8) is 0 Å². The van der Waals surface area contributed by atoms with Gasteiger partial charge in [0, 0.05) is 23.7 Å². The molecule has 0 aliphatic heterocycles. The fourth-order valence-electron chi connectivity index (χ4n) is 3.70. The van der Waals surface area contributed by atoms with Gasteiger partial charge in [0.25, 0.3) is 0 Å². The minimum Gasteiger partial charge on any atom is -0.308 e. The molecule has 1 saturated carbocycles. The molecule has 2 aromatic carbocycles. The standard InChI is InChI=1S/C25H27F3N2O3S/c1-16-10-17(4-6-22(16)26)11-19-14-21(29-34(32,33)9-8-30(2)3)15-20(25(19)31)12-18-5-7-23(27)24(28)13-18/h4-7,10-13,21,29H,8-9,14-15H2,1-3H3/b19-11+,20-12+. The summed E-state index contributed by atoms with van der Waals surface area (Å²) in [6.07, 6.45) is 3.29. The molecule has 182 valence electrons. The maximum absolute atomic E-state index is 13.7. The minimum atomic E-state index is -3.63. The van der Waals surface area contributed by atoms with Crippen LogP contribution in [0.2, 0.25) is 0 Å². The number of halogens is 3. The molecule has 0 amide bonds. The van der Waals surface area contributed by atoms with E-state index in [1.165, 1.54) is 24.3 Å². The van der Waals surface area contributed by atoms with Crippen LogP contribution < -0.4 is 4.72 Å². The number of carbonyl (C=O) groups excluding carboxylic acids is 1. The van der Waals surface area contributed by atoms with Crippen LogP contribution in [-0.2, 0) is 14.8 Å². The van der Waals surface area contributed by atoms with E-state index in [0.29, 0.717) is 23.2 Å². The van der Waals surface area contributed by atoms with Crippen LogP contribution in [0.1, 0.15) is 29.5 Å². The molecular weight excluding hydrogens is 465 g/mol. The zero-order valence-electron chi connectivity index (χ0n) is 19.2. The molecule has 0 heterocycles. The molecule has 9 heteroatoms. The van der Waals surface area contributed by atoms with Gasteiger partial charge in [-0.15, -0.1) is 0 Å². The van der Waals surface area contributed by atoms with E-state index in [4.69, 9.17) is 0 Å². The number of nitrogens with one attached hydrogen (secondary N) is 1. The summed E-state index contributed by atoms with van der Waals surface area (Å²) >= 11 is 0. The Balaban J connectivity index is 1.97. The van der Waals surface area contributed by atoms with Crippen LogP contribution in [0.15, 0.2) is 47.5 Å². The van der Waals surface area contributed by atoms with Gasteiger partial charge in [0.2, 0.25) is 10.0 Å². The molecule has 5 nitrogen and oxygen atoms in total. The van der Waals surface area contributed by atoms with Crippen LogP contribution in [-0.4, -0.2) is 51.5 Å². The number of aryl methyl sites for hydroxylation is 1. The number of Topliss-reactive ketones (excluding diaryl/α,β-unsaturated/α-hetero) is 1. The zero-order chi connectivity index (χ0) is 25.0. The molecule has 0 radical (unpaired) electrons. The van der Waals surface area contributed by atoms with Gasteiger partial charge in [-0.1, -0.05) is 12.1 Å². The van der Waals surface area contributed by atoms with Crippen LogP contribution in [0, 0.1) is 24.4 Å². The monoisotopic (exact) mass is 492 g/mol. The Morgan fingerprint density at radius 1 is 0.941 bits per heavy atom. The minimum absolute atomic E-state index is 0.0960. The molecule has 2 aromatic rings. The predicted octanol–water partition coefficient (Wildman–Crippen LogP) is 4.09. The van der Waals surface area contributed by atoms with Gasteiger partial charge in [-0.05, 0) is 87.0 Å². The SMILES string of the molecule is Cc1cc(/C=C2\CC(NS(=O)(=O)CCN(C)C)C/C(=C\c3ccc(F)c(F)c3)C2=O)ccc1F. The first kappa shape index (κ1) is 25.9. The Labute approximate surface area is 198 Å². The van der Waals surface area contributed by atoms with E-state index in [9.17, 15) is 26.4 Å². The van der Waals surface area contributed by atoms with Crippen LogP contribution in [0.3, 0.4) is 0 Å². The molecular formula is C25H27F3N2O3S. The zero-order valence-corrected chi connectivity index (χ0v) is 20.1. The number of carbonyl (C=O) groups is 1. The summed E-state index contributed by atoms with van der Waals surface area (Å²) in [4.78, 5) is 15.0.